The van der Waals surface area contributed by atoms with Gasteiger partial charge in [0.15, 0.2) is 0 Å². The lowest BCUT2D eigenvalue weighted by Gasteiger charge is -2.08. The van der Waals surface area contributed by atoms with Crippen LogP contribution in [-0.2, 0) is 16.6 Å². The molecular formula is C20H17F2N3O3S. The molecule has 0 aliphatic rings. The van der Waals surface area contributed by atoms with Gasteiger partial charge in [-0.25, -0.2) is 21.9 Å². The van der Waals surface area contributed by atoms with Crippen molar-refractivity contribution in [2.75, 3.05) is 7.05 Å². The predicted octanol–water partition coefficient (Wildman–Crippen LogP) is 2.86. The quantitative estimate of drug-likeness (QED) is 0.646. The SMILES string of the molecule is CNS(=O)(=O)c1cccc(CNC(=O)c2ccc(-c3cc(F)ccc3F)nc2)c1. The van der Waals surface area contributed by atoms with Crippen molar-refractivity contribution in [2.45, 2.75) is 11.4 Å². The van der Waals surface area contributed by atoms with Gasteiger partial charge in [0.25, 0.3) is 5.91 Å². The van der Waals surface area contributed by atoms with E-state index >= 15 is 0 Å². The van der Waals surface area contributed by atoms with Crippen LogP contribution in [0, 0.1) is 11.6 Å². The van der Waals surface area contributed by atoms with Gasteiger partial charge < -0.3 is 5.32 Å². The van der Waals surface area contributed by atoms with E-state index in [0.717, 1.165) is 18.2 Å². The standard InChI is InChI=1S/C20H17F2N3O3S/c1-23-29(27,28)16-4-2-3-13(9-16)11-25-20(26)14-5-8-19(24-12-14)17-10-15(21)6-7-18(17)22/h2-10,12,23H,11H2,1H3,(H,25,26). The number of aromatic nitrogens is 1. The summed E-state index contributed by atoms with van der Waals surface area (Å²) in [6.07, 6.45) is 1.26. The Kier molecular flexibility index (Phi) is 6.00. The molecule has 0 fully saturated rings. The Bertz CT molecular complexity index is 1150. The number of benzene rings is 2. The van der Waals surface area contributed by atoms with Crippen LogP contribution in [0.15, 0.2) is 65.7 Å². The fourth-order valence-corrected chi connectivity index (χ4v) is 3.41. The highest BCUT2D eigenvalue weighted by molar-refractivity contribution is 7.89. The minimum atomic E-state index is -3.58. The second-order valence-electron chi connectivity index (χ2n) is 6.09. The number of pyridine rings is 1. The van der Waals surface area contributed by atoms with Gasteiger partial charge in [-0.15, -0.1) is 0 Å². The summed E-state index contributed by atoms with van der Waals surface area (Å²) in [7, 11) is -2.26. The van der Waals surface area contributed by atoms with Crippen molar-refractivity contribution in [3.8, 4) is 11.3 Å². The van der Waals surface area contributed by atoms with Crippen LogP contribution in [0.4, 0.5) is 8.78 Å². The van der Waals surface area contributed by atoms with Gasteiger partial charge in [0.2, 0.25) is 10.0 Å². The lowest BCUT2D eigenvalue weighted by molar-refractivity contribution is 0.0950. The highest BCUT2D eigenvalue weighted by atomic mass is 32.2. The highest BCUT2D eigenvalue weighted by Crippen LogP contribution is 2.22. The number of amides is 1. The van der Waals surface area contributed by atoms with Crippen LogP contribution in [-0.4, -0.2) is 26.4 Å². The van der Waals surface area contributed by atoms with Crippen LogP contribution < -0.4 is 10.0 Å². The van der Waals surface area contributed by atoms with E-state index in [9.17, 15) is 22.0 Å². The van der Waals surface area contributed by atoms with Gasteiger partial charge in [-0.2, -0.15) is 0 Å². The van der Waals surface area contributed by atoms with E-state index in [0.29, 0.717) is 5.56 Å². The maximum Gasteiger partial charge on any atom is 0.253 e. The molecule has 0 spiro atoms. The number of hydrogen-bond acceptors (Lipinski definition) is 4. The molecule has 3 aromatic rings. The van der Waals surface area contributed by atoms with Crippen LogP contribution in [0.5, 0.6) is 0 Å². The van der Waals surface area contributed by atoms with Crippen molar-refractivity contribution >= 4 is 15.9 Å². The molecule has 2 N–H and O–H groups in total. The second kappa shape index (κ2) is 8.46. The first kappa shape index (κ1) is 20.6. The molecule has 0 aliphatic heterocycles. The number of carbonyl (C=O) groups excluding carboxylic acids is 1. The van der Waals surface area contributed by atoms with Crippen molar-refractivity contribution in [2.24, 2.45) is 0 Å². The van der Waals surface area contributed by atoms with Gasteiger partial charge in [0, 0.05) is 18.3 Å². The average molecular weight is 417 g/mol. The van der Waals surface area contributed by atoms with Crippen molar-refractivity contribution in [3.05, 3.63) is 83.6 Å². The molecule has 150 valence electrons. The van der Waals surface area contributed by atoms with E-state index in [4.69, 9.17) is 0 Å². The molecule has 0 atom stereocenters. The van der Waals surface area contributed by atoms with Gasteiger partial charge in [-0.1, -0.05) is 12.1 Å². The van der Waals surface area contributed by atoms with Gasteiger partial charge >= 0.3 is 0 Å². The smallest absolute Gasteiger partial charge is 0.253 e. The Hall–Kier alpha value is -3.17. The Morgan fingerprint density at radius 2 is 1.86 bits per heavy atom. The Labute approximate surface area is 166 Å². The largest absolute Gasteiger partial charge is 0.348 e. The zero-order valence-corrected chi connectivity index (χ0v) is 16.1. The predicted molar refractivity (Wildman–Crippen MR) is 103 cm³/mol. The molecule has 0 unspecified atom stereocenters. The molecule has 0 aliphatic carbocycles. The summed E-state index contributed by atoms with van der Waals surface area (Å²) in [6, 6.07) is 12.1. The molecule has 0 saturated heterocycles. The summed E-state index contributed by atoms with van der Waals surface area (Å²) in [5, 5.41) is 2.66. The average Bonchev–Trinajstić information content (AvgIpc) is 2.74. The van der Waals surface area contributed by atoms with E-state index in [1.54, 1.807) is 12.1 Å². The van der Waals surface area contributed by atoms with Crippen LogP contribution >= 0.6 is 0 Å². The molecule has 1 heterocycles. The first-order valence-electron chi connectivity index (χ1n) is 8.52. The summed E-state index contributed by atoms with van der Waals surface area (Å²) in [4.78, 5) is 16.4. The molecule has 0 radical (unpaired) electrons. The van der Waals surface area contributed by atoms with Crippen LogP contribution in [0.2, 0.25) is 0 Å². The van der Waals surface area contributed by atoms with Gasteiger partial charge in [0.1, 0.15) is 11.6 Å². The van der Waals surface area contributed by atoms with Gasteiger partial charge in [-0.3, -0.25) is 9.78 Å². The summed E-state index contributed by atoms with van der Waals surface area (Å²) >= 11 is 0. The summed E-state index contributed by atoms with van der Waals surface area (Å²) in [5.41, 5.74) is 1.02. The van der Waals surface area contributed by atoms with Crippen molar-refractivity contribution in [3.63, 3.8) is 0 Å². The molecule has 0 saturated carbocycles. The maximum atomic E-state index is 13.8. The molecule has 29 heavy (non-hydrogen) atoms. The summed E-state index contributed by atoms with van der Waals surface area (Å²) < 4.78 is 53.1. The molecule has 0 bridgehead atoms. The number of sulfonamides is 1. The number of hydrogen-bond donors (Lipinski definition) is 2. The Balaban J connectivity index is 1.71. The van der Waals surface area contributed by atoms with E-state index in [-0.39, 0.29) is 28.3 Å². The molecule has 6 nitrogen and oxygen atoms in total. The number of nitrogens with one attached hydrogen (secondary N) is 2. The molecule has 1 amide bonds. The first-order chi connectivity index (χ1) is 13.8. The fourth-order valence-electron chi connectivity index (χ4n) is 2.61. The third-order valence-corrected chi connectivity index (χ3v) is 5.57. The zero-order chi connectivity index (χ0) is 21.0. The molecule has 9 heteroatoms. The van der Waals surface area contributed by atoms with Gasteiger partial charge in [0.05, 0.1) is 16.2 Å². The van der Waals surface area contributed by atoms with E-state index in [1.807, 2.05) is 0 Å². The molecule has 2 aromatic carbocycles. The molecule has 1 aromatic heterocycles. The second-order valence-corrected chi connectivity index (χ2v) is 7.98. The number of rotatable bonds is 6. The van der Waals surface area contributed by atoms with Crippen molar-refractivity contribution < 1.29 is 22.0 Å². The summed E-state index contributed by atoms with van der Waals surface area (Å²) in [5.74, 6) is -1.65. The molecular weight excluding hydrogens is 400 g/mol. The first-order valence-corrected chi connectivity index (χ1v) is 10.0. The van der Waals surface area contributed by atoms with E-state index in [1.165, 1.54) is 37.5 Å². The van der Waals surface area contributed by atoms with Crippen LogP contribution in [0.1, 0.15) is 15.9 Å². The number of halogens is 2. The van der Waals surface area contributed by atoms with E-state index in [2.05, 4.69) is 15.0 Å². The third-order valence-electron chi connectivity index (χ3n) is 4.16. The lowest BCUT2D eigenvalue weighted by Crippen LogP contribution is -2.23. The third kappa shape index (κ3) is 4.82. The van der Waals surface area contributed by atoms with E-state index < -0.39 is 27.6 Å². The molecule has 3 rings (SSSR count). The maximum absolute atomic E-state index is 13.8. The van der Waals surface area contributed by atoms with Gasteiger partial charge in [-0.05, 0) is 55.1 Å². The normalized spacial score (nSPS) is 11.3. The van der Waals surface area contributed by atoms with Crippen LogP contribution in [0.25, 0.3) is 11.3 Å². The minimum absolute atomic E-state index is 0.000448. The van der Waals surface area contributed by atoms with Crippen molar-refractivity contribution in [1.29, 1.82) is 0 Å². The van der Waals surface area contributed by atoms with Crippen LogP contribution in [0.3, 0.4) is 0 Å². The monoisotopic (exact) mass is 417 g/mol. The summed E-state index contributed by atoms with van der Waals surface area (Å²) in [6.45, 7) is 0.103. The minimum Gasteiger partial charge on any atom is -0.348 e. The topological polar surface area (TPSA) is 88.2 Å². The Morgan fingerprint density at radius 3 is 2.55 bits per heavy atom. The zero-order valence-electron chi connectivity index (χ0n) is 15.3. The Morgan fingerprint density at radius 1 is 1.07 bits per heavy atom. The number of nitrogens with zero attached hydrogens (tertiary/aromatic N) is 1. The van der Waals surface area contributed by atoms with Crippen molar-refractivity contribution in [1.82, 2.24) is 15.0 Å². The fraction of sp³-hybridized carbons (Fsp3) is 0.100. The number of carbonyl (C=O) groups is 1. The highest BCUT2D eigenvalue weighted by Gasteiger charge is 2.13. The lowest BCUT2D eigenvalue weighted by atomic mass is 10.1.